The number of hydrogen-bond donors (Lipinski definition) is 2. The molecule has 0 bridgehead atoms. The average Bonchev–Trinajstić information content (AvgIpc) is 2.23. The second-order valence-corrected chi connectivity index (χ2v) is 5.31. The highest BCUT2D eigenvalue weighted by atomic mass is 79.9. The van der Waals surface area contributed by atoms with E-state index in [0.717, 1.165) is 23.0 Å². The SMILES string of the molecule is Nc1cc(C2(N)CCCCC2)ccc1Br. The van der Waals surface area contributed by atoms with Gasteiger partial charge in [0.15, 0.2) is 0 Å². The van der Waals surface area contributed by atoms with Crippen molar-refractivity contribution in [2.75, 3.05) is 5.73 Å². The number of nitrogen functional groups attached to an aromatic ring is 1. The Bertz CT molecular complexity index is 357. The maximum Gasteiger partial charge on any atom is 0.0461 e. The highest BCUT2D eigenvalue weighted by Gasteiger charge is 2.29. The fourth-order valence-corrected chi connectivity index (χ4v) is 2.57. The van der Waals surface area contributed by atoms with E-state index in [2.05, 4.69) is 22.0 Å². The smallest absolute Gasteiger partial charge is 0.0461 e. The first-order valence-electron chi connectivity index (χ1n) is 5.46. The first-order valence-corrected chi connectivity index (χ1v) is 6.25. The lowest BCUT2D eigenvalue weighted by Crippen LogP contribution is -2.38. The van der Waals surface area contributed by atoms with Crippen LogP contribution >= 0.6 is 15.9 Å². The van der Waals surface area contributed by atoms with Crippen molar-refractivity contribution in [2.45, 2.75) is 37.6 Å². The van der Waals surface area contributed by atoms with Gasteiger partial charge in [0, 0.05) is 15.7 Å². The number of halogens is 1. The van der Waals surface area contributed by atoms with Crippen LogP contribution < -0.4 is 11.5 Å². The summed E-state index contributed by atoms with van der Waals surface area (Å²) >= 11 is 3.41. The fraction of sp³-hybridized carbons (Fsp3) is 0.500. The number of benzene rings is 1. The zero-order valence-electron chi connectivity index (χ0n) is 8.80. The topological polar surface area (TPSA) is 52.0 Å². The molecule has 15 heavy (non-hydrogen) atoms. The molecule has 1 aromatic rings. The molecule has 0 amide bonds. The molecule has 0 atom stereocenters. The second-order valence-electron chi connectivity index (χ2n) is 4.45. The molecular weight excluding hydrogens is 252 g/mol. The van der Waals surface area contributed by atoms with Gasteiger partial charge in [0.2, 0.25) is 0 Å². The summed E-state index contributed by atoms with van der Waals surface area (Å²) in [5, 5.41) is 0. The Hall–Kier alpha value is -0.540. The van der Waals surface area contributed by atoms with Gasteiger partial charge in [0.1, 0.15) is 0 Å². The Balaban J connectivity index is 2.31. The molecule has 0 spiro atoms. The molecule has 82 valence electrons. The second kappa shape index (κ2) is 4.14. The third-order valence-corrected chi connectivity index (χ3v) is 4.04. The van der Waals surface area contributed by atoms with Crippen molar-refractivity contribution in [3.8, 4) is 0 Å². The van der Waals surface area contributed by atoms with Gasteiger partial charge in [0.05, 0.1) is 0 Å². The van der Waals surface area contributed by atoms with Crippen LogP contribution in [0.3, 0.4) is 0 Å². The summed E-state index contributed by atoms with van der Waals surface area (Å²) in [5.41, 5.74) is 14.1. The Kier molecular flexibility index (Phi) is 3.03. The van der Waals surface area contributed by atoms with Crippen molar-refractivity contribution >= 4 is 21.6 Å². The summed E-state index contributed by atoms with van der Waals surface area (Å²) in [5.74, 6) is 0. The van der Waals surface area contributed by atoms with Crippen molar-refractivity contribution in [1.29, 1.82) is 0 Å². The lowest BCUT2D eigenvalue weighted by molar-refractivity contribution is 0.302. The van der Waals surface area contributed by atoms with Gasteiger partial charge in [-0.25, -0.2) is 0 Å². The molecule has 2 nitrogen and oxygen atoms in total. The van der Waals surface area contributed by atoms with Crippen LogP contribution in [-0.2, 0) is 5.54 Å². The first-order chi connectivity index (χ1) is 7.12. The van der Waals surface area contributed by atoms with Crippen molar-refractivity contribution in [3.63, 3.8) is 0 Å². The van der Waals surface area contributed by atoms with E-state index in [9.17, 15) is 0 Å². The molecule has 2 rings (SSSR count). The van der Waals surface area contributed by atoms with E-state index >= 15 is 0 Å². The Morgan fingerprint density at radius 3 is 2.40 bits per heavy atom. The minimum absolute atomic E-state index is 0.146. The van der Waals surface area contributed by atoms with E-state index in [1.54, 1.807) is 0 Å². The van der Waals surface area contributed by atoms with Crippen molar-refractivity contribution in [2.24, 2.45) is 5.73 Å². The largest absolute Gasteiger partial charge is 0.398 e. The van der Waals surface area contributed by atoms with Gasteiger partial charge in [-0.2, -0.15) is 0 Å². The van der Waals surface area contributed by atoms with E-state index in [1.165, 1.54) is 24.8 Å². The summed E-state index contributed by atoms with van der Waals surface area (Å²) < 4.78 is 0.950. The molecule has 1 saturated carbocycles. The van der Waals surface area contributed by atoms with Crippen LogP contribution in [0.15, 0.2) is 22.7 Å². The summed E-state index contributed by atoms with van der Waals surface area (Å²) in [6.07, 6.45) is 5.92. The molecule has 0 radical (unpaired) electrons. The van der Waals surface area contributed by atoms with Gasteiger partial charge in [-0.05, 0) is 46.5 Å². The van der Waals surface area contributed by atoms with Crippen LogP contribution in [0.4, 0.5) is 5.69 Å². The van der Waals surface area contributed by atoms with Crippen LogP contribution in [0.1, 0.15) is 37.7 Å². The highest BCUT2D eigenvalue weighted by Crippen LogP contribution is 2.36. The summed E-state index contributed by atoms with van der Waals surface area (Å²) in [6.45, 7) is 0. The van der Waals surface area contributed by atoms with Crippen LogP contribution in [0.5, 0.6) is 0 Å². The zero-order chi connectivity index (χ0) is 10.9. The van der Waals surface area contributed by atoms with Crippen LogP contribution in [0, 0.1) is 0 Å². The molecule has 0 heterocycles. The quantitative estimate of drug-likeness (QED) is 0.769. The molecule has 4 N–H and O–H groups in total. The summed E-state index contributed by atoms with van der Waals surface area (Å²) in [4.78, 5) is 0. The lowest BCUT2D eigenvalue weighted by Gasteiger charge is -2.34. The molecule has 1 aliphatic rings. The van der Waals surface area contributed by atoms with Crippen molar-refractivity contribution < 1.29 is 0 Å². The molecule has 0 aromatic heterocycles. The third-order valence-electron chi connectivity index (χ3n) is 3.32. The van der Waals surface area contributed by atoms with Crippen LogP contribution in [0.25, 0.3) is 0 Å². The minimum atomic E-state index is -0.146. The molecule has 1 aliphatic carbocycles. The van der Waals surface area contributed by atoms with Crippen molar-refractivity contribution in [3.05, 3.63) is 28.2 Å². The monoisotopic (exact) mass is 268 g/mol. The van der Waals surface area contributed by atoms with Crippen LogP contribution in [0.2, 0.25) is 0 Å². The molecule has 3 heteroatoms. The minimum Gasteiger partial charge on any atom is -0.398 e. The van der Waals surface area contributed by atoms with Gasteiger partial charge >= 0.3 is 0 Å². The zero-order valence-corrected chi connectivity index (χ0v) is 10.4. The lowest BCUT2D eigenvalue weighted by atomic mass is 9.77. The molecule has 1 aromatic carbocycles. The Morgan fingerprint density at radius 2 is 1.80 bits per heavy atom. The molecule has 0 saturated heterocycles. The van der Waals surface area contributed by atoms with Gasteiger partial charge in [0.25, 0.3) is 0 Å². The normalized spacial score (nSPS) is 20.1. The van der Waals surface area contributed by atoms with Crippen LogP contribution in [-0.4, -0.2) is 0 Å². The third kappa shape index (κ3) is 2.18. The Labute approximate surface area is 99.2 Å². The number of rotatable bonds is 1. The number of anilines is 1. The van der Waals surface area contributed by atoms with E-state index < -0.39 is 0 Å². The average molecular weight is 269 g/mol. The predicted octanol–water partition coefficient (Wildman–Crippen LogP) is 3.15. The molecule has 1 fully saturated rings. The van der Waals surface area contributed by atoms with Gasteiger partial charge in [-0.3, -0.25) is 0 Å². The fourth-order valence-electron chi connectivity index (χ4n) is 2.32. The van der Waals surface area contributed by atoms with Gasteiger partial charge in [-0.1, -0.05) is 25.3 Å². The van der Waals surface area contributed by atoms with E-state index in [-0.39, 0.29) is 5.54 Å². The standard InChI is InChI=1S/C12H17BrN2/c13-10-5-4-9(8-11(10)14)12(15)6-2-1-3-7-12/h4-5,8H,1-3,6-7,14-15H2. The number of nitrogens with two attached hydrogens (primary N) is 2. The summed E-state index contributed by atoms with van der Waals surface area (Å²) in [6, 6.07) is 6.09. The van der Waals surface area contributed by atoms with Crippen molar-refractivity contribution in [1.82, 2.24) is 0 Å². The summed E-state index contributed by atoms with van der Waals surface area (Å²) in [7, 11) is 0. The van der Waals surface area contributed by atoms with E-state index in [4.69, 9.17) is 11.5 Å². The predicted molar refractivity (Wildman–Crippen MR) is 67.5 cm³/mol. The molecule has 0 unspecified atom stereocenters. The molecule has 0 aliphatic heterocycles. The number of hydrogen-bond acceptors (Lipinski definition) is 2. The maximum absolute atomic E-state index is 6.43. The Morgan fingerprint density at radius 1 is 1.13 bits per heavy atom. The first kappa shape index (κ1) is 11.0. The van der Waals surface area contributed by atoms with Gasteiger partial charge in [-0.15, -0.1) is 0 Å². The molecular formula is C12H17BrN2. The van der Waals surface area contributed by atoms with E-state index in [1.807, 2.05) is 12.1 Å². The van der Waals surface area contributed by atoms with Gasteiger partial charge < -0.3 is 11.5 Å². The maximum atomic E-state index is 6.43. The van der Waals surface area contributed by atoms with E-state index in [0.29, 0.717) is 0 Å². The highest BCUT2D eigenvalue weighted by molar-refractivity contribution is 9.10.